The topological polar surface area (TPSA) is 29.9 Å². The molecule has 2 heterocycles. The van der Waals surface area contributed by atoms with E-state index in [1.165, 1.54) is 18.6 Å². The zero-order valence-corrected chi connectivity index (χ0v) is 11.2. The van der Waals surface area contributed by atoms with E-state index in [1.54, 1.807) is 0 Å². The molecule has 90 valence electrons. The maximum Gasteiger partial charge on any atom is 0.125 e. The van der Waals surface area contributed by atoms with Crippen LogP contribution in [0.5, 0.6) is 0 Å². The lowest BCUT2D eigenvalue weighted by Gasteiger charge is -2.25. The summed E-state index contributed by atoms with van der Waals surface area (Å²) in [5, 5.41) is 3.60. The van der Waals surface area contributed by atoms with Crippen LogP contribution < -0.4 is 5.32 Å². The van der Waals surface area contributed by atoms with Crippen LogP contribution in [-0.2, 0) is 7.05 Å². The molecule has 3 nitrogen and oxygen atoms in total. The van der Waals surface area contributed by atoms with E-state index in [-0.39, 0.29) is 0 Å². The lowest BCUT2D eigenvalue weighted by atomic mass is 10.1. The van der Waals surface area contributed by atoms with Crippen molar-refractivity contribution in [3.8, 4) is 0 Å². The summed E-state index contributed by atoms with van der Waals surface area (Å²) < 4.78 is 2.52. The Hall–Kier alpha value is -0.480. The predicted molar refractivity (Wildman–Crippen MR) is 69.7 cm³/mol. The Labute approximate surface area is 102 Å². The molecule has 0 amide bonds. The van der Waals surface area contributed by atoms with Crippen molar-refractivity contribution in [3.05, 3.63) is 18.2 Å². The number of imidazole rings is 1. The molecule has 2 unspecified atom stereocenters. The second kappa shape index (κ2) is 4.80. The van der Waals surface area contributed by atoms with Gasteiger partial charge in [0.1, 0.15) is 5.82 Å². The molecule has 0 spiro atoms. The summed E-state index contributed by atoms with van der Waals surface area (Å²) in [5.74, 6) is 2.43. The smallest absolute Gasteiger partial charge is 0.125 e. The highest BCUT2D eigenvalue weighted by atomic mass is 32.2. The van der Waals surface area contributed by atoms with Crippen molar-refractivity contribution in [2.75, 3.05) is 12.3 Å². The molecule has 0 aromatic carbocycles. The van der Waals surface area contributed by atoms with Crippen molar-refractivity contribution in [1.82, 2.24) is 14.9 Å². The summed E-state index contributed by atoms with van der Waals surface area (Å²) >= 11 is 2.10. The molecule has 0 bridgehead atoms. The van der Waals surface area contributed by atoms with E-state index >= 15 is 0 Å². The average molecular weight is 239 g/mol. The van der Waals surface area contributed by atoms with Crippen LogP contribution >= 0.6 is 11.8 Å². The van der Waals surface area contributed by atoms with Gasteiger partial charge in [0.25, 0.3) is 0 Å². The van der Waals surface area contributed by atoms with E-state index in [9.17, 15) is 0 Å². The molecule has 16 heavy (non-hydrogen) atoms. The number of hydrogen-bond donors (Lipinski definition) is 1. The number of aryl methyl sites for hydroxylation is 1. The van der Waals surface area contributed by atoms with Crippen LogP contribution in [0.15, 0.2) is 12.4 Å². The fourth-order valence-electron chi connectivity index (χ4n) is 2.23. The van der Waals surface area contributed by atoms with Gasteiger partial charge in [-0.3, -0.25) is 0 Å². The lowest BCUT2D eigenvalue weighted by Crippen LogP contribution is -2.35. The van der Waals surface area contributed by atoms with E-state index < -0.39 is 0 Å². The molecule has 1 aliphatic rings. The monoisotopic (exact) mass is 239 g/mol. The molecule has 1 saturated heterocycles. The minimum Gasteiger partial charge on any atom is -0.337 e. The molecule has 1 fully saturated rings. The van der Waals surface area contributed by atoms with Crippen molar-refractivity contribution in [2.24, 2.45) is 7.05 Å². The molecule has 4 heteroatoms. The van der Waals surface area contributed by atoms with Crippen molar-refractivity contribution in [2.45, 2.75) is 37.5 Å². The number of hydrogen-bond acceptors (Lipinski definition) is 3. The van der Waals surface area contributed by atoms with Gasteiger partial charge in [-0.05, 0) is 32.4 Å². The van der Waals surface area contributed by atoms with Crippen LogP contribution in [0.4, 0.5) is 0 Å². The number of thioether (sulfide) groups is 1. The van der Waals surface area contributed by atoms with Crippen LogP contribution in [0, 0.1) is 0 Å². The third-order valence-corrected chi connectivity index (χ3v) is 4.87. The first-order chi connectivity index (χ1) is 7.61. The molecule has 0 saturated carbocycles. The first-order valence-electron chi connectivity index (χ1n) is 5.95. The summed E-state index contributed by atoms with van der Waals surface area (Å²) in [5.41, 5.74) is 0. The molecular weight excluding hydrogens is 218 g/mol. The van der Waals surface area contributed by atoms with E-state index in [0.29, 0.717) is 10.8 Å². The van der Waals surface area contributed by atoms with Gasteiger partial charge in [-0.25, -0.2) is 4.98 Å². The molecule has 1 aromatic heterocycles. The molecule has 2 atom stereocenters. The zero-order chi connectivity index (χ0) is 11.6. The summed E-state index contributed by atoms with van der Waals surface area (Å²) in [6, 6.07) is 0.332. The maximum atomic E-state index is 4.38. The fraction of sp³-hybridized carbons (Fsp3) is 0.750. The highest BCUT2D eigenvalue weighted by Crippen LogP contribution is 2.37. The highest BCUT2D eigenvalue weighted by molar-refractivity contribution is 8.00. The number of rotatable bonds is 4. The Morgan fingerprint density at radius 3 is 3.06 bits per heavy atom. The largest absolute Gasteiger partial charge is 0.337 e. The van der Waals surface area contributed by atoms with E-state index in [2.05, 4.69) is 40.5 Å². The van der Waals surface area contributed by atoms with Gasteiger partial charge in [0.05, 0.1) is 6.04 Å². The van der Waals surface area contributed by atoms with Crippen LogP contribution in [0.1, 0.15) is 38.6 Å². The summed E-state index contributed by atoms with van der Waals surface area (Å²) in [4.78, 5) is 4.38. The average Bonchev–Trinajstić information content (AvgIpc) is 2.85. The lowest BCUT2D eigenvalue weighted by molar-refractivity contribution is 0.470. The summed E-state index contributed by atoms with van der Waals surface area (Å²) in [6.07, 6.45) is 6.55. The van der Waals surface area contributed by atoms with E-state index in [0.717, 1.165) is 12.4 Å². The second-order valence-electron chi connectivity index (χ2n) is 4.90. The van der Waals surface area contributed by atoms with Crippen LogP contribution in [0.3, 0.4) is 0 Å². The van der Waals surface area contributed by atoms with Crippen LogP contribution in [-0.4, -0.2) is 26.6 Å². The van der Waals surface area contributed by atoms with Gasteiger partial charge < -0.3 is 9.88 Å². The Kier molecular flexibility index (Phi) is 3.60. The molecule has 1 aromatic rings. The number of aromatic nitrogens is 2. The number of nitrogens with one attached hydrogen (secondary N) is 1. The van der Waals surface area contributed by atoms with Gasteiger partial charge in [-0.1, -0.05) is 0 Å². The van der Waals surface area contributed by atoms with E-state index in [1.807, 2.05) is 19.4 Å². The molecular formula is C12H21N3S. The van der Waals surface area contributed by atoms with Gasteiger partial charge >= 0.3 is 0 Å². The van der Waals surface area contributed by atoms with Gasteiger partial charge in [0, 0.05) is 30.7 Å². The van der Waals surface area contributed by atoms with Crippen molar-refractivity contribution >= 4 is 11.8 Å². The predicted octanol–water partition coefficient (Wildman–Crippen LogP) is 2.36. The molecule has 1 N–H and O–H groups in total. The molecule has 0 aliphatic carbocycles. The third-order valence-electron chi connectivity index (χ3n) is 3.33. The number of nitrogens with zero attached hydrogens (tertiary/aromatic N) is 2. The first-order valence-corrected chi connectivity index (χ1v) is 6.94. The SMILES string of the molecule is CC(NCC1(C)CCCS1)c1nccn1C. The third kappa shape index (κ3) is 2.61. The minimum absolute atomic E-state index is 0.332. The molecule has 2 rings (SSSR count). The maximum absolute atomic E-state index is 4.38. The molecule has 1 aliphatic heterocycles. The van der Waals surface area contributed by atoms with Gasteiger partial charge in [-0.2, -0.15) is 11.8 Å². The molecule has 0 radical (unpaired) electrons. The van der Waals surface area contributed by atoms with Crippen LogP contribution in [0.2, 0.25) is 0 Å². The Balaban J connectivity index is 1.88. The van der Waals surface area contributed by atoms with Crippen LogP contribution in [0.25, 0.3) is 0 Å². The van der Waals surface area contributed by atoms with Gasteiger partial charge in [-0.15, -0.1) is 0 Å². The zero-order valence-electron chi connectivity index (χ0n) is 10.4. The first kappa shape index (κ1) is 12.0. The summed E-state index contributed by atoms with van der Waals surface area (Å²) in [7, 11) is 2.05. The normalized spacial score (nSPS) is 27.2. The quantitative estimate of drug-likeness (QED) is 0.875. The van der Waals surface area contributed by atoms with Crippen molar-refractivity contribution in [3.63, 3.8) is 0 Å². The van der Waals surface area contributed by atoms with Gasteiger partial charge in [0.15, 0.2) is 0 Å². The van der Waals surface area contributed by atoms with Crippen molar-refractivity contribution < 1.29 is 0 Å². The van der Waals surface area contributed by atoms with E-state index in [4.69, 9.17) is 0 Å². The fourth-order valence-corrected chi connectivity index (χ4v) is 3.49. The van der Waals surface area contributed by atoms with Crippen molar-refractivity contribution in [1.29, 1.82) is 0 Å². The Bertz CT molecular complexity index is 342. The van der Waals surface area contributed by atoms with Gasteiger partial charge in [0.2, 0.25) is 0 Å². The Morgan fingerprint density at radius 1 is 1.69 bits per heavy atom. The highest BCUT2D eigenvalue weighted by Gasteiger charge is 2.29. The Morgan fingerprint density at radius 2 is 2.50 bits per heavy atom. The summed E-state index contributed by atoms with van der Waals surface area (Å²) in [6.45, 7) is 5.62. The minimum atomic E-state index is 0.332. The standard InChI is InChI=1S/C12H21N3S/c1-10(11-13-6-7-15(11)3)14-9-12(2)5-4-8-16-12/h6-7,10,14H,4-5,8-9H2,1-3H3. The second-order valence-corrected chi connectivity index (χ2v) is 6.58.